The highest BCUT2D eigenvalue weighted by Crippen LogP contribution is 2.52. The molecule has 0 aliphatic heterocycles. The second-order valence-electron chi connectivity index (χ2n) is 8.05. The zero-order chi connectivity index (χ0) is 37.2. The maximum Gasteiger partial charge on any atom is 0.450 e. The van der Waals surface area contributed by atoms with Crippen LogP contribution < -0.4 is 13.0 Å². The molecule has 1 rings (SSSR count). The zero-order valence-electron chi connectivity index (χ0n) is 20.7. The van der Waals surface area contributed by atoms with Gasteiger partial charge in [-0.25, -0.2) is 21.6 Å². The maximum absolute atomic E-state index is 14.1. The average Bonchev–Trinajstić information content (AvgIpc) is 2.80. The first kappa shape index (κ1) is 41.3. The lowest BCUT2D eigenvalue weighted by Crippen LogP contribution is -2.65. The number of sulfonamides is 3. The summed E-state index contributed by atoms with van der Waals surface area (Å²) in [5.41, 5.74) is -1.47. The molecule has 0 saturated carbocycles. The summed E-state index contributed by atoms with van der Waals surface area (Å²) >= 11 is 0. The Bertz CT molecular complexity index is 1930. The van der Waals surface area contributed by atoms with Crippen LogP contribution in [0.2, 0.25) is 0 Å². The number of benzene rings is 1. The van der Waals surface area contributed by atoms with Gasteiger partial charge < -0.3 is 4.18 Å². The molecule has 0 fully saturated rings. The highest BCUT2D eigenvalue weighted by molar-refractivity contribution is 8.05. The van der Waals surface area contributed by atoms with Gasteiger partial charge in [-0.3, -0.25) is 9.35 Å². The second-order valence-corrected chi connectivity index (χ2v) is 16.6. The third-order valence-corrected chi connectivity index (χ3v) is 11.2. The van der Waals surface area contributed by atoms with Crippen molar-refractivity contribution in [3.63, 3.8) is 0 Å². The van der Waals surface area contributed by atoms with Gasteiger partial charge >= 0.3 is 63.1 Å². The molecule has 15 nitrogen and oxygen atoms in total. The fourth-order valence-electron chi connectivity index (χ4n) is 2.33. The van der Waals surface area contributed by atoms with Gasteiger partial charge in [0.1, 0.15) is 5.75 Å². The Hall–Kier alpha value is -2.68. The number of alkyl halides is 12. The molecule has 0 atom stereocenters. The molecule has 0 spiro atoms. The lowest BCUT2D eigenvalue weighted by molar-refractivity contribution is -0.247. The van der Waals surface area contributed by atoms with Gasteiger partial charge in [0, 0.05) is 5.56 Å². The molecule has 32 heteroatoms. The summed E-state index contributed by atoms with van der Waals surface area (Å²) in [4.78, 5) is 12.0. The summed E-state index contributed by atoms with van der Waals surface area (Å²) in [6.45, 7) is 0. The molecule has 0 bridgehead atoms. The lowest BCUT2D eigenvalue weighted by atomic mass is 10.2. The predicted octanol–water partition coefficient (Wildman–Crippen LogP) is 0.863. The Morgan fingerprint density at radius 1 is 0.630 bits per heavy atom. The largest absolute Gasteiger partial charge is 0.450 e. The predicted molar refractivity (Wildman–Crippen MR) is 121 cm³/mol. The molecule has 0 aliphatic carbocycles. The van der Waals surface area contributed by atoms with E-state index < -0.39 is 100 Å². The Labute approximate surface area is 247 Å². The number of hydrogen-bond acceptors (Lipinski definition) is 12. The highest BCUT2D eigenvalue weighted by atomic mass is 32.3. The first-order chi connectivity index (χ1) is 19.8. The van der Waals surface area contributed by atoms with E-state index in [2.05, 4.69) is 4.18 Å². The van der Waals surface area contributed by atoms with Gasteiger partial charge in [0.05, 0.1) is 6.26 Å². The van der Waals surface area contributed by atoms with Crippen molar-refractivity contribution in [1.29, 1.82) is 0 Å². The summed E-state index contributed by atoms with van der Waals surface area (Å²) < 4.78 is 288. The third-order valence-electron chi connectivity index (χ3n) is 4.59. The molecule has 1 aromatic carbocycles. The minimum absolute atomic E-state index is 0.0277. The second kappa shape index (κ2) is 11.5. The molecule has 0 aromatic heterocycles. The van der Waals surface area contributed by atoms with E-state index in [-0.39, 0.29) is 39.4 Å². The number of carbonyl (C=O) groups excluding carboxylic acids is 1. The number of nitrogens with one attached hydrogen (secondary N) is 2. The first-order valence-electron chi connectivity index (χ1n) is 9.85. The summed E-state index contributed by atoms with van der Waals surface area (Å²) in [7, 11) is -35.2. The number of rotatable bonds is 14. The topological polar surface area (TPSA) is 241 Å². The van der Waals surface area contributed by atoms with Gasteiger partial charge in [-0.15, -0.1) is 4.13 Å². The van der Waals surface area contributed by atoms with Crippen molar-refractivity contribution in [2.45, 2.75) is 32.9 Å². The van der Waals surface area contributed by atoms with E-state index in [9.17, 15) is 99.6 Å². The van der Waals surface area contributed by atoms with E-state index in [1.54, 1.807) is 0 Å². The molecule has 0 radical (unpaired) electrons. The Morgan fingerprint density at radius 3 is 1.37 bits per heavy atom. The molecule has 3 N–H and O–H groups in total. The van der Waals surface area contributed by atoms with Gasteiger partial charge in [-0.05, 0) is 24.3 Å². The summed E-state index contributed by atoms with van der Waals surface area (Å²) in [5.74, 6) is -19.3. The molecule has 1 aromatic rings. The van der Waals surface area contributed by atoms with Gasteiger partial charge in [-0.2, -0.15) is 77.9 Å². The van der Waals surface area contributed by atoms with Crippen LogP contribution in [-0.4, -0.2) is 91.7 Å². The molecule has 0 saturated heterocycles. The smallest absolute Gasteiger partial charge is 0.378 e. The van der Waals surface area contributed by atoms with Crippen LogP contribution in [0.1, 0.15) is 10.4 Å². The van der Waals surface area contributed by atoms with Crippen LogP contribution >= 0.6 is 0 Å². The molecule has 0 unspecified atom stereocenters. The van der Waals surface area contributed by atoms with E-state index in [0.717, 1.165) is 0 Å². The number of halogens is 12. The van der Waals surface area contributed by atoms with Crippen LogP contribution in [0.4, 0.5) is 52.7 Å². The van der Waals surface area contributed by atoms with Crippen LogP contribution in [0, 0.1) is 0 Å². The van der Waals surface area contributed by atoms with Crippen LogP contribution in [0.15, 0.2) is 24.3 Å². The van der Waals surface area contributed by atoms with Crippen molar-refractivity contribution >= 4 is 56.2 Å². The van der Waals surface area contributed by atoms with Crippen LogP contribution in [0.25, 0.3) is 0 Å². The zero-order valence-corrected chi connectivity index (χ0v) is 24.8. The number of carbonyl (C=O) groups is 1. The van der Waals surface area contributed by atoms with Gasteiger partial charge in [0.25, 0.3) is 15.9 Å². The highest BCUT2D eigenvalue weighted by Gasteiger charge is 2.84. The van der Waals surface area contributed by atoms with E-state index in [1.165, 1.54) is 0 Å². The van der Waals surface area contributed by atoms with E-state index in [4.69, 9.17) is 4.55 Å². The molecule has 0 heterocycles. The summed E-state index contributed by atoms with van der Waals surface area (Å²) in [5, 5.41) is -29.0. The summed E-state index contributed by atoms with van der Waals surface area (Å²) in [6, 6.07) is -0.495. The lowest BCUT2D eigenvalue weighted by Gasteiger charge is -2.31. The van der Waals surface area contributed by atoms with E-state index in [0.29, 0.717) is 0 Å². The van der Waals surface area contributed by atoms with Crippen molar-refractivity contribution < 1.29 is 108 Å². The third kappa shape index (κ3) is 6.81. The number of amides is 1. The minimum atomic E-state index is -7.59. The molecular formula is C14H10F12N2O13S5. The van der Waals surface area contributed by atoms with Crippen LogP contribution in [0.5, 0.6) is 5.75 Å². The van der Waals surface area contributed by atoms with Crippen LogP contribution in [-0.2, 0) is 50.3 Å². The van der Waals surface area contributed by atoms with Gasteiger partial charge in [0.2, 0.25) is 10.0 Å². The quantitative estimate of drug-likeness (QED) is 0.135. The van der Waals surface area contributed by atoms with Crippen molar-refractivity contribution in [2.75, 3.05) is 6.26 Å². The molecule has 268 valence electrons. The molecule has 0 aliphatic rings. The van der Waals surface area contributed by atoms with Crippen molar-refractivity contribution in [2.24, 2.45) is 0 Å². The molecule has 1 amide bonds. The monoisotopic (exact) mass is 802 g/mol. The Morgan fingerprint density at radius 2 is 1.00 bits per heavy atom. The fraction of sp³-hybridized carbons (Fsp3) is 0.500. The van der Waals surface area contributed by atoms with Crippen molar-refractivity contribution in [3.05, 3.63) is 29.8 Å². The van der Waals surface area contributed by atoms with Gasteiger partial charge in [-0.1, -0.05) is 0 Å². The van der Waals surface area contributed by atoms with E-state index in [1.807, 2.05) is 0 Å². The fourth-order valence-corrected chi connectivity index (χ4v) is 7.26. The Kier molecular flexibility index (Phi) is 10.3. The molecular weight excluding hydrogens is 792 g/mol. The minimum Gasteiger partial charge on any atom is -0.378 e. The summed E-state index contributed by atoms with van der Waals surface area (Å²) in [6.07, 6.45) is -0.233. The van der Waals surface area contributed by atoms with E-state index >= 15 is 0 Å². The maximum atomic E-state index is 14.1. The van der Waals surface area contributed by atoms with Gasteiger partial charge in [0.15, 0.2) is 0 Å². The first-order valence-corrected chi connectivity index (χ1v) is 17.6. The van der Waals surface area contributed by atoms with Crippen LogP contribution in [0.3, 0.4) is 0 Å². The SMILES string of the molecule is CS(=O)(=O)NS(=O)(=O)C(F)(F)C(F)(F)C(F)(F)S(=O)(=O)NC(=O)c1ccc(OS(=O)(=O)C(F)(F)C(F)(F)C(F)(F)S(=O)(=O)O)cc1. The molecule has 46 heavy (non-hydrogen) atoms. The normalized spacial score (nSPS) is 15.3. The standard InChI is InChI=1S/C14H10F12N2O13S5/c1-42(30,31)28-44(34,35)12(21,22)9(15,16)11(19,20)43(32,33)27-8(29)6-2-4-7(5-3-6)41-46(39,40)14(25,26)10(17,18)13(23,24)45(36,37)38/h2-5,28H,1H3,(H,27,29)(H,36,37,38). The Balaban J connectivity index is 3.39. The van der Waals surface area contributed by atoms with Crippen molar-refractivity contribution in [3.8, 4) is 5.75 Å². The average molecular weight is 803 g/mol. The number of hydrogen-bond donors (Lipinski definition) is 3. The van der Waals surface area contributed by atoms with Crippen molar-refractivity contribution in [1.82, 2.24) is 8.85 Å².